The van der Waals surface area contributed by atoms with Gasteiger partial charge in [0.15, 0.2) is 5.65 Å². The number of methoxy groups -OCH3 is 1. The van der Waals surface area contributed by atoms with Gasteiger partial charge in [-0.3, -0.25) is 0 Å². The first-order valence-electron chi connectivity index (χ1n) is 10.1. The van der Waals surface area contributed by atoms with E-state index < -0.39 is 16.4 Å². The van der Waals surface area contributed by atoms with Crippen LogP contribution < -0.4 is 14.4 Å². The minimum atomic E-state index is -3.26. The molecule has 0 spiro atoms. The number of piperidine rings is 1. The third-order valence-corrected chi connectivity index (χ3v) is 6.07. The van der Waals surface area contributed by atoms with Gasteiger partial charge in [0.2, 0.25) is 15.9 Å². The quantitative estimate of drug-likeness (QED) is 0.571. The number of fused-ring (bicyclic) bond motifs is 1. The fraction of sp³-hybridized carbons (Fsp3) is 0.450. The normalized spacial score (nSPS) is 17.3. The van der Waals surface area contributed by atoms with E-state index in [1.54, 1.807) is 12.3 Å². The molecule has 3 aromatic heterocycles. The van der Waals surface area contributed by atoms with Gasteiger partial charge >= 0.3 is 0 Å². The van der Waals surface area contributed by atoms with Crippen molar-refractivity contribution in [3.05, 3.63) is 36.2 Å². The van der Waals surface area contributed by atoms with E-state index in [2.05, 4.69) is 24.7 Å². The van der Waals surface area contributed by atoms with E-state index >= 15 is 0 Å². The summed E-state index contributed by atoms with van der Waals surface area (Å²) < 4.78 is 58.5. The summed E-state index contributed by atoms with van der Waals surface area (Å²) in [6.07, 6.45) is 1.82. The molecule has 1 saturated heterocycles. The molecule has 9 nitrogen and oxygen atoms in total. The number of nitrogens with one attached hydrogen (secondary N) is 1. The Labute approximate surface area is 184 Å². The van der Waals surface area contributed by atoms with Crippen LogP contribution in [0.25, 0.3) is 16.9 Å². The van der Waals surface area contributed by atoms with E-state index in [4.69, 9.17) is 4.74 Å². The van der Waals surface area contributed by atoms with Crippen LogP contribution in [0.15, 0.2) is 30.5 Å². The molecular formula is C20H24F2N6O3S. The summed E-state index contributed by atoms with van der Waals surface area (Å²) in [7, 11) is -1.75. The molecule has 1 aliphatic heterocycles. The van der Waals surface area contributed by atoms with E-state index in [-0.39, 0.29) is 11.6 Å². The van der Waals surface area contributed by atoms with E-state index in [0.717, 1.165) is 25.6 Å². The maximum atomic E-state index is 13.2. The molecule has 1 N–H and O–H groups in total. The second-order valence-electron chi connectivity index (χ2n) is 7.80. The van der Waals surface area contributed by atoms with Crippen molar-refractivity contribution in [2.45, 2.75) is 19.3 Å². The Hall–Kier alpha value is -2.86. The van der Waals surface area contributed by atoms with Crippen molar-refractivity contribution >= 4 is 21.5 Å². The summed E-state index contributed by atoms with van der Waals surface area (Å²) in [5, 5.41) is 4.03. The van der Waals surface area contributed by atoms with Gasteiger partial charge in [0, 0.05) is 31.3 Å². The number of pyridine rings is 1. The van der Waals surface area contributed by atoms with Crippen LogP contribution in [0.3, 0.4) is 0 Å². The lowest BCUT2D eigenvalue weighted by molar-refractivity contribution is 0.144. The number of alkyl halides is 2. The minimum Gasteiger partial charge on any atom is -0.481 e. The summed E-state index contributed by atoms with van der Waals surface area (Å²) in [5.41, 5.74) is 1.33. The molecule has 3 aromatic rings. The molecule has 1 fully saturated rings. The monoisotopic (exact) mass is 466 g/mol. The molecule has 4 rings (SSSR count). The van der Waals surface area contributed by atoms with Crippen molar-refractivity contribution in [3.63, 3.8) is 0 Å². The third kappa shape index (κ3) is 4.96. The second-order valence-corrected chi connectivity index (χ2v) is 9.64. The Bertz CT molecular complexity index is 1220. The van der Waals surface area contributed by atoms with Gasteiger partial charge in [0.05, 0.1) is 25.3 Å². The number of nitrogens with zero attached hydrogens (tertiary/aromatic N) is 5. The molecular weight excluding hydrogens is 442 g/mol. The summed E-state index contributed by atoms with van der Waals surface area (Å²) in [6.45, 7) is 1.75. The maximum absolute atomic E-state index is 13.2. The Morgan fingerprint density at radius 1 is 1.31 bits per heavy atom. The van der Waals surface area contributed by atoms with Crippen LogP contribution in [0.2, 0.25) is 0 Å². The number of imidazole rings is 1. The van der Waals surface area contributed by atoms with Gasteiger partial charge in [-0.05, 0) is 37.0 Å². The third-order valence-electron chi connectivity index (χ3n) is 5.38. The first-order chi connectivity index (χ1) is 15.2. The lowest BCUT2D eigenvalue weighted by Crippen LogP contribution is -2.41. The highest BCUT2D eigenvalue weighted by Crippen LogP contribution is 2.30. The van der Waals surface area contributed by atoms with E-state index in [1.165, 1.54) is 23.8 Å². The lowest BCUT2D eigenvalue weighted by Gasteiger charge is -2.33. The fourth-order valence-electron chi connectivity index (χ4n) is 3.82. The summed E-state index contributed by atoms with van der Waals surface area (Å²) in [6, 6.07) is 6.31. The van der Waals surface area contributed by atoms with Crippen molar-refractivity contribution in [2.75, 3.05) is 37.9 Å². The van der Waals surface area contributed by atoms with Crippen LogP contribution in [0.4, 0.5) is 14.6 Å². The zero-order valence-corrected chi connectivity index (χ0v) is 18.5. The summed E-state index contributed by atoms with van der Waals surface area (Å²) in [4.78, 5) is 10.9. The predicted molar refractivity (Wildman–Crippen MR) is 116 cm³/mol. The van der Waals surface area contributed by atoms with Crippen LogP contribution >= 0.6 is 0 Å². The molecule has 1 unspecified atom stereocenters. The number of aromatic nitrogens is 4. The Kier molecular flexibility index (Phi) is 6.24. The summed E-state index contributed by atoms with van der Waals surface area (Å²) in [5.74, 6) is 1.17. The molecule has 4 heterocycles. The van der Waals surface area contributed by atoms with Crippen LogP contribution in [0.1, 0.15) is 25.0 Å². The van der Waals surface area contributed by atoms with Gasteiger partial charge < -0.3 is 9.64 Å². The van der Waals surface area contributed by atoms with Crippen molar-refractivity contribution in [1.29, 1.82) is 0 Å². The average molecular weight is 467 g/mol. The zero-order chi connectivity index (χ0) is 22.9. The molecule has 0 aliphatic carbocycles. The second kappa shape index (κ2) is 8.94. The highest BCUT2D eigenvalue weighted by molar-refractivity contribution is 7.88. The maximum Gasteiger partial charge on any atom is 0.282 e. The highest BCUT2D eigenvalue weighted by Gasteiger charge is 2.23. The number of hydrogen-bond donors (Lipinski definition) is 1. The smallest absolute Gasteiger partial charge is 0.282 e. The highest BCUT2D eigenvalue weighted by atomic mass is 32.2. The molecule has 1 aliphatic rings. The number of halogens is 2. The largest absolute Gasteiger partial charge is 0.481 e. The van der Waals surface area contributed by atoms with Crippen LogP contribution in [-0.4, -0.2) is 61.0 Å². The number of ether oxygens (including phenoxy) is 1. The number of hydrogen-bond acceptors (Lipinski definition) is 7. The summed E-state index contributed by atoms with van der Waals surface area (Å²) >= 11 is 0. The minimum absolute atomic E-state index is 0.140. The van der Waals surface area contributed by atoms with Gasteiger partial charge in [0.25, 0.3) is 6.43 Å². The standard InChI is InChI=1S/C20H24F2N6O3S/c1-31-19-9-14(16-11-23-17-6-5-15(20(21)22)26-28(16)17)8-18(25-19)27-7-3-4-13(12-27)10-24-32(2,29)30/h5-6,8-9,11,13,20,24H,3-4,7,10,12H2,1-2H3. The van der Waals surface area contributed by atoms with Crippen molar-refractivity contribution in [3.8, 4) is 17.1 Å². The molecule has 0 aromatic carbocycles. The topological polar surface area (TPSA) is 102 Å². The Morgan fingerprint density at radius 2 is 2.12 bits per heavy atom. The van der Waals surface area contributed by atoms with Crippen molar-refractivity contribution in [1.82, 2.24) is 24.3 Å². The molecule has 12 heteroatoms. The van der Waals surface area contributed by atoms with E-state index in [9.17, 15) is 17.2 Å². The SMILES string of the molecule is COc1cc(-c2cnc3ccc(C(F)F)nn23)cc(N2CCCC(CNS(C)(=O)=O)C2)n1. The van der Waals surface area contributed by atoms with Gasteiger partial charge in [0.1, 0.15) is 11.5 Å². The van der Waals surface area contributed by atoms with Crippen LogP contribution in [-0.2, 0) is 10.0 Å². The molecule has 0 radical (unpaired) electrons. The molecule has 172 valence electrons. The Balaban J connectivity index is 1.66. The van der Waals surface area contributed by atoms with Crippen LogP contribution in [0.5, 0.6) is 5.88 Å². The molecule has 32 heavy (non-hydrogen) atoms. The molecule has 0 bridgehead atoms. The van der Waals surface area contributed by atoms with Gasteiger partial charge in [-0.1, -0.05) is 0 Å². The van der Waals surface area contributed by atoms with E-state index in [0.29, 0.717) is 41.7 Å². The lowest BCUT2D eigenvalue weighted by atomic mass is 9.98. The zero-order valence-electron chi connectivity index (χ0n) is 17.7. The molecule has 0 amide bonds. The van der Waals surface area contributed by atoms with Crippen molar-refractivity contribution < 1.29 is 21.9 Å². The predicted octanol–water partition coefficient (Wildman–Crippen LogP) is 2.50. The number of anilines is 1. The fourth-order valence-corrected chi connectivity index (χ4v) is 4.35. The Morgan fingerprint density at radius 3 is 2.84 bits per heavy atom. The van der Waals surface area contributed by atoms with Gasteiger partial charge in [-0.2, -0.15) is 10.1 Å². The number of rotatable bonds is 7. The number of sulfonamides is 1. The first-order valence-corrected chi connectivity index (χ1v) is 12.0. The molecule has 0 saturated carbocycles. The molecule has 1 atom stereocenters. The van der Waals surface area contributed by atoms with Gasteiger partial charge in [-0.25, -0.2) is 31.4 Å². The van der Waals surface area contributed by atoms with Gasteiger partial charge in [-0.15, -0.1) is 0 Å². The van der Waals surface area contributed by atoms with Crippen molar-refractivity contribution in [2.24, 2.45) is 5.92 Å². The van der Waals surface area contributed by atoms with E-state index in [1.807, 2.05) is 6.07 Å². The average Bonchev–Trinajstić information content (AvgIpc) is 3.20. The van der Waals surface area contributed by atoms with Crippen LogP contribution in [0, 0.1) is 5.92 Å². The first kappa shape index (κ1) is 22.3.